The van der Waals surface area contributed by atoms with Gasteiger partial charge in [-0.05, 0) is 48.4 Å². The number of hydrogen-bond donors (Lipinski definition) is 2. The maximum atomic E-state index is 13.1. The lowest BCUT2D eigenvalue weighted by molar-refractivity contribution is -0.137. The van der Waals surface area contributed by atoms with Crippen molar-refractivity contribution in [1.82, 2.24) is 4.98 Å². The van der Waals surface area contributed by atoms with Crippen LogP contribution in [0.2, 0.25) is 0 Å². The number of halogens is 3. The molecule has 2 aliphatic rings. The molecule has 1 fully saturated rings. The maximum Gasteiger partial charge on any atom is 0.416 e. The van der Waals surface area contributed by atoms with E-state index in [-0.39, 0.29) is 24.5 Å². The number of carbonyl (C=O) groups excluding carboxylic acids is 1. The SMILES string of the molecule is CC1OC1c1ccc2c(c1)-c1[nH]c3ccc(C(F)(F)F)cc3c1CC(=O)N2. The van der Waals surface area contributed by atoms with Crippen LogP contribution in [0.15, 0.2) is 36.4 Å². The molecule has 1 amide bonds. The standard InChI is InChI=1S/C20H15F3N2O2/c1-9-19(27-9)10-2-4-16-14(6-10)18-13(8-17(26)24-16)12-7-11(20(21,22)23)3-5-15(12)25-18/h2-7,9,19,25H,8H2,1H3,(H,24,26). The van der Waals surface area contributed by atoms with E-state index in [0.29, 0.717) is 27.8 Å². The normalized spacial score (nSPS) is 21.4. The van der Waals surface area contributed by atoms with Crippen molar-refractivity contribution >= 4 is 22.5 Å². The molecule has 27 heavy (non-hydrogen) atoms. The number of aromatic nitrogens is 1. The van der Waals surface area contributed by atoms with Crippen LogP contribution < -0.4 is 5.32 Å². The number of rotatable bonds is 1. The summed E-state index contributed by atoms with van der Waals surface area (Å²) in [6, 6.07) is 9.24. The van der Waals surface area contributed by atoms with E-state index in [1.54, 1.807) is 0 Å². The lowest BCUT2D eigenvalue weighted by Gasteiger charge is -2.09. The van der Waals surface area contributed by atoms with Crippen molar-refractivity contribution in [3.63, 3.8) is 0 Å². The molecule has 0 spiro atoms. The molecule has 0 radical (unpaired) electrons. The first-order chi connectivity index (χ1) is 12.8. The highest BCUT2D eigenvalue weighted by Gasteiger charge is 2.37. The molecular formula is C20H15F3N2O2. The van der Waals surface area contributed by atoms with Crippen molar-refractivity contribution < 1.29 is 22.7 Å². The number of fused-ring (bicyclic) bond motifs is 5. The number of carbonyl (C=O) groups is 1. The third-order valence-electron chi connectivity index (χ3n) is 5.20. The quantitative estimate of drug-likeness (QED) is 0.603. The summed E-state index contributed by atoms with van der Waals surface area (Å²) in [6.45, 7) is 1.98. The second-order valence-corrected chi connectivity index (χ2v) is 7.03. The van der Waals surface area contributed by atoms with Crippen molar-refractivity contribution in [1.29, 1.82) is 0 Å². The third-order valence-corrected chi connectivity index (χ3v) is 5.20. The molecule has 0 aliphatic carbocycles. The molecule has 0 saturated carbocycles. The maximum absolute atomic E-state index is 13.1. The number of hydrogen-bond acceptors (Lipinski definition) is 2. The second-order valence-electron chi connectivity index (χ2n) is 7.03. The number of aromatic amines is 1. The minimum Gasteiger partial charge on any atom is -0.365 e. The summed E-state index contributed by atoms with van der Waals surface area (Å²) < 4.78 is 44.9. The monoisotopic (exact) mass is 372 g/mol. The first kappa shape index (κ1) is 16.4. The number of anilines is 1. The fraction of sp³-hybridized carbons (Fsp3) is 0.250. The van der Waals surface area contributed by atoms with Crippen LogP contribution in [0.1, 0.15) is 29.7 Å². The Morgan fingerprint density at radius 2 is 1.93 bits per heavy atom. The van der Waals surface area contributed by atoms with Crippen LogP contribution >= 0.6 is 0 Å². The van der Waals surface area contributed by atoms with Crippen molar-refractivity contribution in [2.24, 2.45) is 0 Å². The minimum absolute atomic E-state index is 0.0109. The number of H-pyrrole nitrogens is 1. The highest BCUT2D eigenvalue weighted by molar-refractivity contribution is 6.05. The van der Waals surface area contributed by atoms with Gasteiger partial charge in [0.25, 0.3) is 0 Å². The summed E-state index contributed by atoms with van der Waals surface area (Å²) in [5.41, 5.74) is 3.49. The molecule has 2 atom stereocenters. The first-order valence-corrected chi connectivity index (χ1v) is 8.63. The molecule has 7 heteroatoms. The van der Waals surface area contributed by atoms with Gasteiger partial charge in [-0.1, -0.05) is 6.07 Å². The fourth-order valence-electron chi connectivity index (χ4n) is 3.78. The lowest BCUT2D eigenvalue weighted by atomic mass is 9.99. The minimum atomic E-state index is -4.43. The van der Waals surface area contributed by atoms with E-state index in [9.17, 15) is 18.0 Å². The van der Waals surface area contributed by atoms with Gasteiger partial charge >= 0.3 is 6.18 Å². The first-order valence-electron chi connectivity index (χ1n) is 8.63. The Labute approximate surface area is 152 Å². The largest absolute Gasteiger partial charge is 0.416 e. The van der Waals surface area contributed by atoms with Crippen LogP contribution in [-0.2, 0) is 22.1 Å². The van der Waals surface area contributed by atoms with E-state index < -0.39 is 11.7 Å². The molecule has 2 aromatic carbocycles. The number of nitrogens with one attached hydrogen (secondary N) is 2. The molecule has 2 unspecified atom stereocenters. The van der Waals surface area contributed by atoms with Crippen LogP contribution in [0.5, 0.6) is 0 Å². The van der Waals surface area contributed by atoms with Gasteiger partial charge in [0.05, 0.1) is 29.5 Å². The van der Waals surface area contributed by atoms with Gasteiger partial charge in [0.2, 0.25) is 5.91 Å². The Morgan fingerprint density at radius 1 is 1.15 bits per heavy atom. The Hall–Kier alpha value is -2.80. The molecular weight excluding hydrogens is 357 g/mol. The Bertz CT molecular complexity index is 1100. The van der Waals surface area contributed by atoms with E-state index in [0.717, 1.165) is 23.3 Å². The molecule has 3 heterocycles. The number of ether oxygens (including phenoxy) is 1. The van der Waals surface area contributed by atoms with Gasteiger partial charge < -0.3 is 15.0 Å². The summed E-state index contributed by atoms with van der Waals surface area (Å²) in [6.07, 6.45) is -4.27. The second kappa shape index (κ2) is 5.36. The average molecular weight is 372 g/mol. The molecule has 1 saturated heterocycles. The molecule has 1 aromatic heterocycles. The zero-order valence-corrected chi connectivity index (χ0v) is 14.3. The summed E-state index contributed by atoms with van der Waals surface area (Å²) in [7, 11) is 0. The third kappa shape index (κ3) is 2.61. The summed E-state index contributed by atoms with van der Waals surface area (Å²) in [5, 5.41) is 3.26. The molecule has 3 aromatic rings. The topological polar surface area (TPSA) is 57.4 Å². The van der Waals surface area contributed by atoms with Crippen molar-refractivity contribution in [2.75, 3.05) is 5.32 Å². The van der Waals surface area contributed by atoms with Gasteiger partial charge in [-0.15, -0.1) is 0 Å². The van der Waals surface area contributed by atoms with Crippen LogP contribution in [0, 0.1) is 0 Å². The van der Waals surface area contributed by atoms with Gasteiger partial charge in [-0.3, -0.25) is 4.79 Å². The lowest BCUT2D eigenvalue weighted by Crippen LogP contribution is -2.12. The number of alkyl halides is 3. The van der Waals surface area contributed by atoms with E-state index >= 15 is 0 Å². The number of benzene rings is 2. The average Bonchev–Trinajstić information content (AvgIpc) is 3.26. The van der Waals surface area contributed by atoms with E-state index in [2.05, 4.69) is 10.3 Å². The van der Waals surface area contributed by atoms with Crippen LogP contribution in [0.25, 0.3) is 22.2 Å². The molecule has 4 nitrogen and oxygen atoms in total. The van der Waals surface area contributed by atoms with Crippen LogP contribution in [0.3, 0.4) is 0 Å². The van der Waals surface area contributed by atoms with E-state index in [4.69, 9.17) is 4.74 Å². The van der Waals surface area contributed by atoms with Crippen LogP contribution in [0.4, 0.5) is 18.9 Å². The Kier molecular flexibility index (Phi) is 3.25. The van der Waals surface area contributed by atoms with Gasteiger partial charge in [0.1, 0.15) is 6.10 Å². The van der Waals surface area contributed by atoms with Crippen LogP contribution in [-0.4, -0.2) is 17.0 Å². The highest BCUT2D eigenvalue weighted by atomic mass is 19.4. The van der Waals surface area contributed by atoms with Crippen molar-refractivity contribution in [3.05, 3.63) is 53.1 Å². The molecule has 2 aliphatic heterocycles. The number of amides is 1. The van der Waals surface area contributed by atoms with Gasteiger partial charge in [0, 0.05) is 16.5 Å². The van der Waals surface area contributed by atoms with E-state index in [1.807, 2.05) is 25.1 Å². The zero-order chi connectivity index (χ0) is 18.9. The van der Waals surface area contributed by atoms with Gasteiger partial charge in [0.15, 0.2) is 0 Å². The molecule has 138 valence electrons. The van der Waals surface area contributed by atoms with Crippen molar-refractivity contribution in [3.8, 4) is 11.3 Å². The van der Waals surface area contributed by atoms with Gasteiger partial charge in [-0.2, -0.15) is 13.2 Å². The Balaban J connectivity index is 1.74. The predicted octanol–water partition coefficient (Wildman–Crippen LogP) is 4.81. The zero-order valence-electron chi connectivity index (χ0n) is 14.3. The summed E-state index contributed by atoms with van der Waals surface area (Å²) >= 11 is 0. The van der Waals surface area contributed by atoms with E-state index in [1.165, 1.54) is 6.07 Å². The molecule has 5 rings (SSSR count). The highest BCUT2D eigenvalue weighted by Crippen LogP contribution is 2.44. The number of epoxide rings is 1. The summed E-state index contributed by atoms with van der Waals surface area (Å²) in [5.74, 6) is -0.253. The van der Waals surface area contributed by atoms with Crippen molar-refractivity contribution in [2.45, 2.75) is 31.7 Å². The summed E-state index contributed by atoms with van der Waals surface area (Å²) in [4.78, 5) is 15.6. The molecule has 0 bridgehead atoms. The predicted molar refractivity (Wildman–Crippen MR) is 94.4 cm³/mol. The van der Waals surface area contributed by atoms with Gasteiger partial charge in [-0.25, -0.2) is 0 Å². The Morgan fingerprint density at radius 3 is 2.63 bits per heavy atom. The fourth-order valence-corrected chi connectivity index (χ4v) is 3.78. The molecule has 2 N–H and O–H groups in total. The smallest absolute Gasteiger partial charge is 0.365 e.